The molecule has 4 nitrogen and oxygen atoms in total. The lowest BCUT2D eigenvalue weighted by atomic mass is 10.1. The Kier molecular flexibility index (Phi) is 5.16. The molecule has 0 aliphatic carbocycles. The maximum Gasteiger partial charge on any atom is 0.434 e. The number of hydrogen-bond acceptors (Lipinski definition) is 2. The number of rotatable bonds is 4. The zero-order chi connectivity index (χ0) is 19.8. The molecular formula is C18H15F4N3OS. The fourth-order valence-corrected chi connectivity index (χ4v) is 3.12. The van der Waals surface area contributed by atoms with Gasteiger partial charge in [0.15, 0.2) is 5.69 Å². The maximum atomic E-state index is 14.5. The molecule has 142 valence electrons. The van der Waals surface area contributed by atoms with Gasteiger partial charge in [-0.1, -0.05) is 29.8 Å². The minimum absolute atomic E-state index is 0.0316. The molecule has 0 aliphatic heterocycles. The van der Waals surface area contributed by atoms with Crippen LogP contribution in [0.15, 0.2) is 53.6 Å². The first kappa shape index (κ1) is 19.2. The standard InChI is InChI=1S/C18H15F4N3OS/c1-11-3-2-4-12(7-11)9-25-10-16(18(20,21)22)24-17(25)14-6-5-13(27(23)26)8-15(14)19/h2-8,10H,9,23H2,1H3. The van der Waals surface area contributed by atoms with E-state index in [4.69, 9.17) is 5.14 Å². The molecule has 0 amide bonds. The van der Waals surface area contributed by atoms with E-state index in [1.807, 2.05) is 19.1 Å². The molecule has 0 fully saturated rings. The van der Waals surface area contributed by atoms with Crippen molar-refractivity contribution in [3.8, 4) is 11.4 Å². The predicted octanol–water partition coefficient (Wildman–Crippen LogP) is 4.05. The van der Waals surface area contributed by atoms with Crippen molar-refractivity contribution in [1.29, 1.82) is 0 Å². The molecule has 0 saturated heterocycles. The van der Waals surface area contributed by atoms with Crippen molar-refractivity contribution in [2.24, 2.45) is 5.14 Å². The lowest BCUT2D eigenvalue weighted by molar-refractivity contribution is -0.140. The van der Waals surface area contributed by atoms with Crippen LogP contribution in [0.4, 0.5) is 17.6 Å². The summed E-state index contributed by atoms with van der Waals surface area (Å²) in [5.41, 5.74) is 0.456. The molecule has 1 atom stereocenters. The van der Waals surface area contributed by atoms with Gasteiger partial charge in [-0.2, -0.15) is 13.2 Å². The summed E-state index contributed by atoms with van der Waals surface area (Å²) in [6.45, 7) is 1.95. The average Bonchev–Trinajstić information content (AvgIpc) is 2.98. The van der Waals surface area contributed by atoms with Gasteiger partial charge >= 0.3 is 6.18 Å². The Labute approximate surface area is 155 Å². The molecule has 27 heavy (non-hydrogen) atoms. The summed E-state index contributed by atoms with van der Waals surface area (Å²) >= 11 is 0. The first-order valence-corrected chi connectivity index (χ1v) is 9.02. The molecule has 1 aromatic heterocycles. The van der Waals surface area contributed by atoms with Gasteiger partial charge in [-0.3, -0.25) is 0 Å². The fraction of sp³-hybridized carbons (Fsp3) is 0.167. The van der Waals surface area contributed by atoms with E-state index in [0.29, 0.717) is 0 Å². The van der Waals surface area contributed by atoms with Gasteiger partial charge in [0.05, 0.1) is 10.5 Å². The predicted molar refractivity (Wildman–Crippen MR) is 93.5 cm³/mol. The van der Waals surface area contributed by atoms with Crippen LogP contribution >= 0.6 is 0 Å². The zero-order valence-electron chi connectivity index (χ0n) is 14.1. The van der Waals surface area contributed by atoms with Crippen molar-refractivity contribution in [2.75, 3.05) is 0 Å². The third-order valence-electron chi connectivity index (χ3n) is 3.92. The molecule has 0 bridgehead atoms. The number of nitrogens with two attached hydrogens (primary N) is 1. The molecule has 2 N–H and O–H groups in total. The van der Waals surface area contributed by atoms with Crippen LogP contribution in [-0.4, -0.2) is 13.8 Å². The molecule has 2 aromatic carbocycles. The van der Waals surface area contributed by atoms with E-state index in [1.165, 1.54) is 16.7 Å². The Morgan fingerprint density at radius 1 is 1.19 bits per heavy atom. The number of imidazole rings is 1. The van der Waals surface area contributed by atoms with Gasteiger partial charge in [-0.15, -0.1) is 0 Å². The number of aryl methyl sites for hydroxylation is 1. The number of aromatic nitrogens is 2. The van der Waals surface area contributed by atoms with Gasteiger partial charge in [-0.25, -0.2) is 18.7 Å². The Bertz CT molecular complexity index is 1010. The lowest BCUT2D eigenvalue weighted by Crippen LogP contribution is -2.05. The maximum absolute atomic E-state index is 14.5. The monoisotopic (exact) mass is 397 g/mol. The van der Waals surface area contributed by atoms with E-state index in [9.17, 15) is 21.8 Å². The van der Waals surface area contributed by atoms with Crippen LogP contribution in [0.1, 0.15) is 16.8 Å². The largest absolute Gasteiger partial charge is 0.434 e. The van der Waals surface area contributed by atoms with Crippen LogP contribution in [0.2, 0.25) is 0 Å². The Morgan fingerprint density at radius 2 is 1.93 bits per heavy atom. The Hall–Kier alpha value is -2.52. The number of alkyl halides is 3. The van der Waals surface area contributed by atoms with Crippen molar-refractivity contribution < 1.29 is 21.8 Å². The van der Waals surface area contributed by atoms with E-state index in [-0.39, 0.29) is 22.8 Å². The molecule has 0 aliphatic rings. The summed E-state index contributed by atoms with van der Waals surface area (Å²) in [4.78, 5) is 3.63. The second-order valence-corrected chi connectivity index (χ2v) is 7.07. The van der Waals surface area contributed by atoms with E-state index in [1.54, 1.807) is 12.1 Å². The topological polar surface area (TPSA) is 60.9 Å². The second kappa shape index (κ2) is 7.24. The van der Waals surface area contributed by atoms with Crippen molar-refractivity contribution >= 4 is 11.0 Å². The van der Waals surface area contributed by atoms with Crippen molar-refractivity contribution in [2.45, 2.75) is 24.5 Å². The summed E-state index contributed by atoms with van der Waals surface area (Å²) in [5.74, 6) is -1.02. The second-order valence-electron chi connectivity index (χ2n) is 6.00. The van der Waals surface area contributed by atoms with E-state index < -0.39 is 28.7 Å². The Balaban J connectivity index is 2.11. The summed E-state index contributed by atoms with van der Waals surface area (Å²) < 4.78 is 66.4. The third kappa shape index (κ3) is 4.25. The smallest absolute Gasteiger partial charge is 0.326 e. The highest BCUT2D eigenvalue weighted by Crippen LogP contribution is 2.32. The first-order chi connectivity index (χ1) is 12.6. The van der Waals surface area contributed by atoms with Crippen LogP contribution in [0.25, 0.3) is 11.4 Å². The van der Waals surface area contributed by atoms with E-state index >= 15 is 0 Å². The summed E-state index contributed by atoms with van der Waals surface area (Å²) in [5, 5.41) is 5.21. The summed E-state index contributed by atoms with van der Waals surface area (Å²) in [6, 6.07) is 10.7. The molecule has 1 heterocycles. The normalized spacial score (nSPS) is 13.0. The van der Waals surface area contributed by atoms with Crippen molar-refractivity contribution in [1.82, 2.24) is 9.55 Å². The van der Waals surface area contributed by atoms with Gasteiger partial charge in [0.25, 0.3) is 0 Å². The van der Waals surface area contributed by atoms with Crippen molar-refractivity contribution in [3.63, 3.8) is 0 Å². The van der Waals surface area contributed by atoms with Crippen molar-refractivity contribution in [3.05, 3.63) is 71.3 Å². The number of hydrogen-bond donors (Lipinski definition) is 1. The minimum Gasteiger partial charge on any atom is -0.326 e. The van der Waals surface area contributed by atoms with Crippen LogP contribution in [-0.2, 0) is 23.7 Å². The van der Waals surface area contributed by atoms with Gasteiger partial charge in [0.1, 0.15) is 22.6 Å². The SMILES string of the molecule is Cc1cccc(Cn2cc(C(F)(F)F)nc2-c2ccc(S(N)=O)cc2F)c1. The average molecular weight is 397 g/mol. The van der Waals surface area contributed by atoms with E-state index in [0.717, 1.165) is 23.4 Å². The molecule has 0 radical (unpaired) electrons. The quantitative estimate of drug-likeness (QED) is 0.676. The van der Waals surface area contributed by atoms with Gasteiger partial charge in [0.2, 0.25) is 0 Å². The van der Waals surface area contributed by atoms with Crippen LogP contribution in [0.3, 0.4) is 0 Å². The first-order valence-electron chi connectivity index (χ1n) is 7.81. The van der Waals surface area contributed by atoms with Crippen LogP contribution < -0.4 is 5.14 Å². The fourth-order valence-electron chi connectivity index (χ4n) is 2.70. The molecule has 0 saturated carbocycles. The molecule has 9 heteroatoms. The molecular weight excluding hydrogens is 382 g/mol. The molecule has 0 spiro atoms. The number of benzene rings is 2. The van der Waals surface area contributed by atoms with Gasteiger partial charge in [0, 0.05) is 12.7 Å². The number of halogens is 4. The Morgan fingerprint density at radius 3 is 2.52 bits per heavy atom. The van der Waals surface area contributed by atoms with E-state index in [2.05, 4.69) is 4.98 Å². The van der Waals surface area contributed by atoms with Crippen LogP contribution in [0.5, 0.6) is 0 Å². The third-order valence-corrected chi connectivity index (χ3v) is 4.63. The summed E-state index contributed by atoms with van der Waals surface area (Å²) in [7, 11) is -1.90. The highest BCUT2D eigenvalue weighted by atomic mass is 32.2. The highest BCUT2D eigenvalue weighted by Gasteiger charge is 2.35. The van der Waals surface area contributed by atoms with Crippen LogP contribution in [0, 0.1) is 12.7 Å². The van der Waals surface area contributed by atoms with Gasteiger partial charge in [-0.05, 0) is 30.7 Å². The number of nitrogens with zero attached hydrogens (tertiary/aromatic N) is 2. The minimum atomic E-state index is -4.66. The zero-order valence-corrected chi connectivity index (χ0v) is 14.9. The molecule has 1 unspecified atom stereocenters. The molecule has 3 aromatic rings. The van der Waals surface area contributed by atoms with Gasteiger partial charge < -0.3 is 4.57 Å². The molecule has 3 rings (SSSR count). The summed E-state index contributed by atoms with van der Waals surface area (Å²) in [6.07, 6.45) is -3.81. The lowest BCUT2D eigenvalue weighted by Gasteiger charge is -2.10. The highest BCUT2D eigenvalue weighted by molar-refractivity contribution is 7.82.